The SMILES string of the molecule is CC(C)[C@@H]1CCCCC1C(=O)Cl. The maximum absolute atomic E-state index is 11.1. The quantitative estimate of drug-likeness (QED) is 0.609. The van der Waals surface area contributed by atoms with Crippen LogP contribution in [-0.4, -0.2) is 5.24 Å². The van der Waals surface area contributed by atoms with Gasteiger partial charge in [-0.25, -0.2) is 0 Å². The van der Waals surface area contributed by atoms with Gasteiger partial charge in [-0.3, -0.25) is 4.79 Å². The Morgan fingerprint density at radius 1 is 1.33 bits per heavy atom. The van der Waals surface area contributed by atoms with E-state index in [0.717, 1.165) is 6.42 Å². The van der Waals surface area contributed by atoms with Gasteiger partial charge in [-0.2, -0.15) is 0 Å². The molecule has 0 aromatic heterocycles. The van der Waals surface area contributed by atoms with Crippen molar-refractivity contribution < 1.29 is 4.79 Å². The molecule has 1 aliphatic rings. The highest BCUT2D eigenvalue weighted by atomic mass is 35.5. The van der Waals surface area contributed by atoms with E-state index >= 15 is 0 Å². The number of carbonyl (C=O) groups is 1. The standard InChI is InChI=1S/C10H17ClO/c1-7(2)8-5-3-4-6-9(8)10(11)12/h7-9H,3-6H2,1-2H3/t8-,9?/m0/s1. The van der Waals surface area contributed by atoms with E-state index in [1.807, 2.05) is 0 Å². The summed E-state index contributed by atoms with van der Waals surface area (Å²) in [4.78, 5) is 11.1. The van der Waals surface area contributed by atoms with Crippen molar-refractivity contribution in [1.82, 2.24) is 0 Å². The van der Waals surface area contributed by atoms with E-state index in [1.165, 1.54) is 19.3 Å². The van der Waals surface area contributed by atoms with Gasteiger partial charge in [-0.15, -0.1) is 0 Å². The molecular weight excluding hydrogens is 172 g/mol. The molecule has 2 heteroatoms. The third-order valence-electron chi connectivity index (χ3n) is 2.97. The Balaban J connectivity index is 2.60. The van der Waals surface area contributed by atoms with E-state index in [0.29, 0.717) is 11.8 Å². The Morgan fingerprint density at radius 3 is 2.33 bits per heavy atom. The second-order valence-corrected chi connectivity index (χ2v) is 4.48. The van der Waals surface area contributed by atoms with Crippen LogP contribution in [0.25, 0.3) is 0 Å². The molecule has 1 aliphatic carbocycles. The first-order chi connectivity index (χ1) is 5.63. The molecule has 1 fully saturated rings. The summed E-state index contributed by atoms with van der Waals surface area (Å²) in [6.45, 7) is 4.37. The maximum atomic E-state index is 11.1. The van der Waals surface area contributed by atoms with Gasteiger partial charge in [-0.05, 0) is 36.3 Å². The molecule has 1 rings (SSSR count). The second kappa shape index (κ2) is 4.27. The van der Waals surface area contributed by atoms with Crippen LogP contribution in [0.4, 0.5) is 0 Å². The molecule has 1 saturated carbocycles. The van der Waals surface area contributed by atoms with Crippen molar-refractivity contribution >= 4 is 16.8 Å². The largest absolute Gasteiger partial charge is 0.281 e. The van der Waals surface area contributed by atoms with Crippen molar-refractivity contribution in [1.29, 1.82) is 0 Å². The number of carbonyl (C=O) groups excluding carboxylic acids is 1. The lowest BCUT2D eigenvalue weighted by molar-refractivity contribution is -0.118. The summed E-state index contributed by atoms with van der Waals surface area (Å²) >= 11 is 5.56. The lowest BCUT2D eigenvalue weighted by Crippen LogP contribution is -2.28. The van der Waals surface area contributed by atoms with Gasteiger partial charge in [0.25, 0.3) is 0 Å². The summed E-state index contributed by atoms with van der Waals surface area (Å²) in [6.07, 6.45) is 4.63. The molecule has 0 radical (unpaired) electrons. The normalized spacial score (nSPS) is 30.7. The molecule has 0 aliphatic heterocycles. The van der Waals surface area contributed by atoms with Crippen molar-refractivity contribution in [2.24, 2.45) is 17.8 Å². The van der Waals surface area contributed by atoms with E-state index in [9.17, 15) is 4.79 Å². The first kappa shape index (κ1) is 10.0. The summed E-state index contributed by atoms with van der Waals surface area (Å²) in [5.74, 6) is 1.27. The molecule has 0 bridgehead atoms. The predicted octanol–water partition coefficient (Wildman–Crippen LogP) is 3.21. The molecule has 0 N–H and O–H groups in total. The number of hydrogen-bond donors (Lipinski definition) is 0. The van der Waals surface area contributed by atoms with Crippen molar-refractivity contribution in [2.75, 3.05) is 0 Å². The minimum atomic E-state index is -0.117. The zero-order chi connectivity index (χ0) is 9.14. The van der Waals surface area contributed by atoms with Gasteiger partial charge < -0.3 is 0 Å². The zero-order valence-electron chi connectivity index (χ0n) is 7.85. The molecule has 0 saturated heterocycles. The Kier molecular flexibility index (Phi) is 3.57. The monoisotopic (exact) mass is 188 g/mol. The number of hydrogen-bond acceptors (Lipinski definition) is 1. The Labute approximate surface area is 79.5 Å². The van der Waals surface area contributed by atoms with Crippen LogP contribution in [0.15, 0.2) is 0 Å². The van der Waals surface area contributed by atoms with Crippen molar-refractivity contribution in [3.05, 3.63) is 0 Å². The zero-order valence-corrected chi connectivity index (χ0v) is 8.60. The second-order valence-electron chi connectivity index (χ2n) is 4.10. The summed E-state index contributed by atoms with van der Waals surface area (Å²) in [5, 5.41) is -0.117. The van der Waals surface area contributed by atoms with Crippen molar-refractivity contribution in [2.45, 2.75) is 39.5 Å². The third-order valence-corrected chi connectivity index (χ3v) is 3.25. The summed E-state index contributed by atoms with van der Waals surface area (Å²) < 4.78 is 0. The Hall–Kier alpha value is -0.0400. The van der Waals surface area contributed by atoms with E-state index in [4.69, 9.17) is 11.6 Å². The van der Waals surface area contributed by atoms with E-state index < -0.39 is 0 Å². The maximum Gasteiger partial charge on any atom is 0.225 e. The van der Waals surface area contributed by atoms with Crippen LogP contribution >= 0.6 is 11.6 Å². The molecule has 12 heavy (non-hydrogen) atoms. The lowest BCUT2D eigenvalue weighted by atomic mass is 9.74. The third kappa shape index (κ3) is 2.22. The highest BCUT2D eigenvalue weighted by molar-refractivity contribution is 6.64. The van der Waals surface area contributed by atoms with Gasteiger partial charge in [-0.1, -0.05) is 26.7 Å². The van der Waals surface area contributed by atoms with Crippen LogP contribution in [0, 0.1) is 17.8 Å². The van der Waals surface area contributed by atoms with E-state index in [2.05, 4.69) is 13.8 Å². The van der Waals surface area contributed by atoms with Crippen LogP contribution in [0.1, 0.15) is 39.5 Å². The highest BCUT2D eigenvalue weighted by Gasteiger charge is 2.31. The van der Waals surface area contributed by atoms with E-state index in [-0.39, 0.29) is 11.2 Å². The average molecular weight is 189 g/mol. The molecule has 1 unspecified atom stereocenters. The lowest BCUT2D eigenvalue weighted by Gasteiger charge is -2.31. The topological polar surface area (TPSA) is 17.1 Å². The molecular formula is C10H17ClO. The van der Waals surface area contributed by atoms with Crippen LogP contribution in [0.2, 0.25) is 0 Å². The van der Waals surface area contributed by atoms with Gasteiger partial charge in [0.2, 0.25) is 5.24 Å². The molecule has 0 aromatic carbocycles. The van der Waals surface area contributed by atoms with E-state index in [1.54, 1.807) is 0 Å². The smallest absolute Gasteiger partial charge is 0.225 e. The fourth-order valence-corrected chi connectivity index (χ4v) is 2.51. The van der Waals surface area contributed by atoms with Gasteiger partial charge in [0.1, 0.15) is 0 Å². The van der Waals surface area contributed by atoms with Crippen molar-refractivity contribution in [3.63, 3.8) is 0 Å². The molecule has 0 heterocycles. The fourth-order valence-electron chi connectivity index (χ4n) is 2.24. The molecule has 2 atom stereocenters. The van der Waals surface area contributed by atoms with Crippen molar-refractivity contribution in [3.8, 4) is 0 Å². The molecule has 70 valence electrons. The van der Waals surface area contributed by atoms with Gasteiger partial charge in [0.05, 0.1) is 0 Å². The first-order valence-electron chi connectivity index (χ1n) is 4.82. The number of halogens is 1. The average Bonchev–Trinajstić information content (AvgIpc) is 2.04. The van der Waals surface area contributed by atoms with Crippen LogP contribution in [-0.2, 0) is 4.79 Å². The molecule has 0 amide bonds. The minimum absolute atomic E-state index is 0.117. The summed E-state index contributed by atoms with van der Waals surface area (Å²) in [7, 11) is 0. The van der Waals surface area contributed by atoms with Gasteiger partial charge in [0, 0.05) is 5.92 Å². The molecule has 0 spiro atoms. The summed E-state index contributed by atoms with van der Waals surface area (Å²) in [5.41, 5.74) is 0. The number of rotatable bonds is 2. The summed E-state index contributed by atoms with van der Waals surface area (Å²) in [6, 6.07) is 0. The Bertz CT molecular complexity index is 165. The minimum Gasteiger partial charge on any atom is -0.281 e. The fraction of sp³-hybridized carbons (Fsp3) is 0.900. The Morgan fingerprint density at radius 2 is 1.92 bits per heavy atom. The molecule has 0 aromatic rings. The van der Waals surface area contributed by atoms with Crippen LogP contribution in [0.3, 0.4) is 0 Å². The van der Waals surface area contributed by atoms with Crippen LogP contribution < -0.4 is 0 Å². The molecule has 1 nitrogen and oxygen atoms in total. The predicted molar refractivity (Wildman–Crippen MR) is 51.1 cm³/mol. The van der Waals surface area contributed by atoms with Gasteiger partial charge >= 0.3 is 0 Å². The first-order valence-corrected chi connectivity index (χ1v) is 5.20. The highest BCUT2D eigenvalue weighted by Crippen LogP contribution is 2.36. The van der Waals surface area contributed by atoms with Gasteiger partial charge in [0.15, 0.2) is 0 Å². The van der Waals surface area contributed by atoms with Crippen LogP contribution in [0.5, 0.6) is 0 Å².